The van der Waals surface area contributed by atoms with Crippen LogP contribution in [-0.4, -0.2) is 16.3 Å². The molecular formula is C13H22ClN3. The van der Waals surface area contributed by atoms with Crippen LogP contribution in [0.1, 0.15) is 38.1 Å². The van der Waals surface area contributed by atoms with Crippen LogP contribution in [0.25, 0.3) is 0 Å². The maximum atomic E-state index is 6.41. The molecule has 2 N–H and O–H groups in total. The summed E-state index contributed by atoms with van der Waals surface area (Å²) in [7, 11) is 0. The first-order valence-corrected chi connectivity index (χ1v) is 7.03. The van der Waals surface area contributed by atoms with Gasteiger partial charge in [-0.2, -0.15) is 5.10 Å². The highest BCUT2D eigenvalue weighted by Gasteiger charge is 2.31. The number of nitrogens with zero attached hydrogens (tertiary/aromatic N) is 2. The van der Waals surface area contributed by atoms with Crippen LogP contribution < -0.4 is 5.73 Å². The lowest BCUT2D eigenvalue weighted by atomic mass is 9.71. The highest BCUT2D eigenvalue weighted by atomic mass is 35.5. The first-order chi connectivity index (χ1) is 8.21. The fraction of sp³-hybridized carbons (Fsp3) is 0.769. The van der Waals surface area contributed by atoms with E-state index >= 15 is 0 Å². The van der Waals surface area contributed by atoms with Crippen LogP contribution in [0.3, 0.4) is 0 Å². The Labute approximate surface area is 108 Å². The average molecular weight is 256 g/mol. The minimum absolute atomic E-state index is 0.691. The Kier molecular flexibility index (Phi) is 4.10. The molecule has 0 saturated heterocycles. The summed E-state index contributed by atoms with van der Waals surface area (Å²) in [4.78, 5) is 0. The van der Waals surface area contributed by atoms with Gasteiger partial charge in [-0.1, -0.05) is 18.5 Å². The molecule has 0 aromatic carbocycles. The van der Waals surface area contributed by atoms with Gasteiger partial charge in [-0.05, 0) is 51.0 Å². The molecule has 1 aromatic rings. The number of hydrogen-bond donors (Lipinski definition) is 1. The zero-order valence-corrected chi connectivity index (χ0v) is 11.5. The summed E-state index contributed by atoms with van der Waals surface area (Å²) in [5.41, 5.74) is 8.01. The third-order valence-corrected chi connectivity index (χ3v) is 4.46. The molecule has 3 nitrogen and oxygen atoms in total. The predicted octanol–water partition coefficient (Wildman–Crippen LogP) is 2.65. The van der Waals surface area contributed by atoms with Crippen molar-refractivity contribution in [1.29, 1.82) is 0 Å². The Morgan fingerprint density at radius 1 is 1.35 bits per heavy atom. The third kappa shape index (κ3) is 2.36. The van der Waals surface area contributed by atoms with Crippen LogP contribution in [0.15, 0.2) is 0 Å². The Bertz CT molecular complexity index is 384. The Morgan fingerprint density at radius 2 is 2.06 bits per heavy atom. The van der Waals surface area contributed by atoms with Crippen LogP contribution >= 0.6 is 11.6 Å². The van der Waals surface area contributed by atoms with E-state index in [1.807, 2.05) is 0 Å². The largest absolute Gasteiger partial charge is 0.330 e. The van der Waals surface area contributed by atoms with Gasteiger partial charge in [0.1, 0.15) is 0 Å². The van der Waals surface area contributed by atoms with Gasteiger partial charge in [-0.3, -0.25) is 4.68 Å². The van der Waals surface area contributed by atoms with Crippen molar-refractivity contribution in [3.05, 3.63) is 16.4 Å². The second kappa shape index (κ2) is 5.40. The molecule has 1 aliphatic rings. The monoisotopic (exact) mass is 255 g/mol. The van der Waals surface area contributed by atoms with Crippen LogP contribution in [0.2, 0.25) is 5.02 Å². The standard InChI is InChI=1S/C13H22ClN3/c1-3-11-13(14)12(17(4-2)16-11)7-9-5-6-10(9)8-15/h9-10H,3-8,15H2,1-2H3. The van der Waals surface area contributed by atoms with Crippen molar-refractivity contribution in [2.75, 3.05) is 6.54 Å². The normalized spacial score (nSPS) is 23.8. The summed E-state index contributed by atoms with van der Waals surface area (Å²) in [6.45, 7) is 5.93. The van der Waals surface area contributed by atoms with Crippen molar-refractivity contribution in [3.8, 4) is 0 Å². The number of hydrogen-bond acceptors (Lipinski definition) is 2. The quantitative estimate of drug-likeness (QED) is 0.879. The Morgan fingerprint density at radius 3 is 2.53 bits per heavy atom. The topological polar surface area (TPSA) is 43.8 Å². The maximum Gasteiger partial charge on any atom is 0.0849 e. The second-order valence-corrected chi connectivity index (χ2v) is 5.29. The molecule has 0 amide bonds. The minimum atomic E-state index is 0.691. The molecule has 0 bridgehead atoms. The molecule has 2 rings (SSSR count). The van der Waals surface area contributed by atoms with Gasteiger partial charge in [0.05, 0.1) is 16.4 Å². The average Bonchev–Trinajstić information content (AvgIpc) is 2.61. The lowest BCUT2D eigenvalue weighted by Crippen LogP contribution is -2.34. The smallest absolute Gasteiger partial charge is 0.0849 e. The lowest BCUT2D eigenvalue weighted by molar-refractivity contribution is 0.180. The highest BCUT2D eigenvalue weighted by Crippen LogP contribution is 2.37. The lowest BCUT2D eigenvalue weighted by Gasteiger charge is -2.36. The molecule has 0 radical (unpaired) electrons. The molecular weight excluding hydrogens is 234 g/mol. The molecule has 4 heteroatoms. The van der Waals surface area contributed by atoms with Crippen molar-refractivity contribution in [1.82, 2.24) is 9.78 Å². The predicted molar refractivity (Wildman–Crippen MR) is 71.3 cm³/mol. The summed E-state index contributed by atoms with van der Waals surface area (Å²) < 4.78 is 2.06. The van der Waals surface area contributed by atoms with E-state index in [0.717, 1.165) is 36.6 Å². The first-order valence-electron chi connectivity index (χ1n) is 6.65. The van der Waals surface area contributed by atoms with E-state index in [2.05, 4.69) is 23.6 Å². The molecule has 2 unspecified atom stereocenters. The highest BCUT2D eigenvalue weighted by molar-refractivity contribution is 6.31. The van der Waals surface area contributed by atoms with Gasteiger partial charge in [0.15, 0.2) is 0 Å². The van der Waals surface area contributed by atoms with Gasteiger partial charge >= 0.3 is 0 Å². The van der Waals surface area contributed by atoms with Gasteiger partial charge < -0.3 is 5.73 Å². The van der Waals surface area contributed by atoms with Gasteiger partial charge in [0.25, 0.3) is 0 Å². The number of aryl methyl sites for hydroxylation is 2. The Balaban J connectivity index is 2.16. The van der Waals surface area contributed by atoms with Gasteiger partial charge in [0.2, 0.25) is 0 Å². The summed E-state index contributed by atoms with van der Waals surface area (Å²) in [6, 6.07) is 0. The van der Waals surface area contributed by atoms with Crippen LogP contribution in [-0.2, 0) is 19.4 Å². The second-order valence-electron chi connectivity index (χ2n) is 4.91. The molecule has 0 aliphatic heterocycles. The fourth-order valence-corrected chi connectivity index (χ4v) is 3.02. The molecule has 1 aromatic heterocycles. The minimum Gasteiger partial charge on any atom is -0.330 e. The van der Waals surface area contributed by atoms with Crippen molar-refractivity contribution < 1.29 is 0 Å². The number of rotatable bonds is 5. The van der Waals surface area contributed by atoms with Crippen molar-refractivity contribution >= 4 is 11.6 Å². The zero-order chi connectivity index (χ0) is 12.4. The van der Waals surface area contributed by atoms with E-state index in [1.165, 1.54) is 18.5 Å². The van der Waals surface area contributed by atoms with Crippen LogP contribution in [0.5, 0.6) is 0 Å². The summed E-state index contributed by atoms with van der Waals surface area (Å²) >= 11 is 6.41. The number of nitrogens with two attached hydrogens (primary N) is 1. The molecule has 0 spiro atoms. The summed E-state index contributed by atoms with van der Waals surface area (Å²) in [5.74, 6) is 1.40. The first kappa shape index (κ1) is 12.9. The van der Waals surface area contributed by atoms with E-state index in [4.69, 9.17) is 17.3 Å². The maximum absolute atomic E-state index is 6.41. The summed E-state index contributed by atoms with van der Waals surface area (Å²) in [6.07, 6.45) is 4.51. The molecule has 1 saturated carbocycles. The van der Waals surface area contributed by atoms with E-state index in [1.54, 1.807) is 0 Å². The molecule has 1 heterocycles. The van der Waals surface area contributed by atoms with E-state index < -0.39 is 0 Å². The van der Waals surface area contributed by atoms with Gasteiger partial charge in [-0.25, -0.2) is 0 Å². The molecule has 96 valence electrons. The van der Waals surface area contributed by atoms with Gasteiger partial charge in [-0.15, -0.1) is 0 Å². The van der Waals surface area contributed by atoms with Crippen molar-refractivity contribution in [2.45, 2.75) is 46.1 Å². The van der Waals surface area contributed by atoms with E-state index in [-0.39, 0.29) is 0 Å². The summed E-state index contributed by atoms with van der Waals surface area (Å²) in [5, 5.41) is 5.45. The third-order valence-electron chi connectivity index (χ3n) is 4.03. The van der Waals surface area contributed by atoms with Crippen LogP contribution in [0, 0.1) is 11.8 Å². The van der Waals surface area contributed by atoms with Crippen LogP contribution in [0.4, 0.5) is 0 Å². The number of aromatic nitrogens is 2. The molecule has 1 aliphatic carbocycles. The van der Waals surface area contributed by atoms with E-state index in [0.29, 0.717) is 11.8 Å². The Hall–Kier alpha value is -0.540. The SMILES string of the molecule is CCc1nn(CC)c(CC2CCC2CN)c1Cl. The molecule has 17 heavy (non-hydrogen) atoms. The zero-order valence-electron chi connectivity index (χ0n) is 10.7. The van der Waals surface area contributed by atoms with E-state index in [9.17, 15) is 0 Å². The van der Waals surface area contributed by atoms with Gasteiger partial charge in [0, 0.05) is 6.54 Å². The fourth-order valence-electron chi connectivity index (χ4n) is 2.68. The van der Waals surface area contributed by atoms with Crippen molar-refractivity contribution in [3.63, 3.8) is 0 Å². The molecule has 1 fully saturated rings. The number of halogens is 1. The van der Waals surface area contributed by atoms with Crippen molar-refractivity contribution in [2.24, 2.45) is 17.6 Å². The molecule has 2 atom stereocenters.